The van der Waals surface area contributed by atoms with E-state index in [9.17, 15) is 4.79 Å². The molecule has 0 spiro atoms. The molecule has 0 saturated carbocycles. The Hall–Kier alpha value is -1.11. The SMILES string of the molecule is COCCN(Cc1cccs1)C(=O)c1cc(Br)cn1C. The van der Waals surface area contributed by atoms with E-state index < -0.39 is 0 Å². The van der Waals surface area contributed by atoms with Crippen molar-refractivity contribution in [1.82, 2.24) is 9.47 Å². The monoisotopic (exact) mass is 356 g/mol. The number of carbonyl (C=O) groups excluding carboxylic acids is 1. The predicted octanol–water partition coefficient (Wildman–Crippen LogP) is 3.14. The van der Waals surface area contributed by atoms with Crippen LogP contribution in [0.3, 0.4) is 0 Å². The molecule has 4 nitrogen and oxygen atoms in total. The van der Waals surface area contributed by atoms with Gasteiger partial charge in [-0.2, -0.15) is 0 Å². The second-order valence-corrected chi connectivity index (χ2v) is 6.40. The van der Waals surface area contributed by atoms with E-state index in [2.05, 4.69) is 15.9 Å². The lowest BCUT2D eigenvalue weighted by Crippen LogP contribution is -2.34. The summed E-state index contributed by atoms with van der Waals surface area (Å²) in [5.41, 5.74) is 0.671. The molecule has 2 heterocycles. The Morgan fingerprint density at radius 2 is 2.35 bits per heavy atom. The maximum Gasteiger partial charge on any atom is 0.270 e. The van der Waals surface area contributed by atoms with E-state index in [1.807, 2.05) is 46.3 Å². The first kappa shape index (κ1) is 15.3. The van der Waals surface area contributed by atoms with E-state index in [4.69, 9.17) is 4.74 Å². The number of methoxy groups -OCH3 is 1. The molecule has 6 heteroatoms. The number of ether oxygens (including phenoxy) is 1. The van der Waals surface area contributed by atoms with Crippen molar-refractivity contribution in [2.45, 2.75) is 6.54 Å². The molecule has 20 heavy (non-hydrogen) atoms. The second kappa shape index (κ2) is 7.06. The van der Waals surface area contributed by atoms with Crippen LogP contribution in [0.25, 0.3) is 0 Å². The third-order valence-corrected chi connectivity index (χ3v) is 4.26. The van der Waals surface area contributed by atoms with E-state index in [1.54, 1.807) is 18.4 Å². The van der Waals surface area contributed by atoms with Gasteiger partial charge in [-0.15, -0.1) is 11.3 Å². The Balaban J connectivity index is 2.17. The fraction of sp³-hybridized carbons (Fsp3) is 0.357. The van der Waals surface area contributed by atoms with E-state index in [0.717, 1.165) is 4.47 Å². The summed E-state index contributed by atoms with van der Waals surface area (Å²) in [6, 6.07) is 5.88. The van der Waals surface area contributed by atoms with Crippen molar-refractivity contribution >= 4 is 33.2 Å². The normalized spacial score (nSPS) is 10.8. The third-order valence-electron chi connectivity index (χ3n) is 2.97. The van der Waals surface area contributed by atoms with Gasteiger partial charge in [0.1, 0.15) is 5.69 Å². The van der Waals surface area contributed by atoms with Crippen molar-refractivity contribution in [3.05, 3.63) is 44.8 Å². The summed E-state index contributed by atoms with van der Waals surface area (Å²) >= 11 is 5.06. The van der Waals surface area contributed by atoms with E-state index >= 15 is 0 Å². The number of carbonyl (C=O) groups is 1. The van der Waals surface area contributed by atoms with Gasteiger partial charge in [-0.1, -0.05) is 6.07 Å². The Morgan fingerprint density at radius 3 is 2.90 bits per heavy atom. The topological polar surface area (TPSA) is 34.5 Å². The van der Waals surface area contributed by atoms with Crippen LogP contribution >= 0.6 is 27.3 Å². The fourth-order valence-corrected chi connectivity index (χ4v) is 3.19. The van der Waals surface area contributed by atoms with Crippen LogP contribution in [-0.2, 0) is 18.3 Å². The predicted molar refractivity (Wildman–Crippen MR) is 84.0 cm³/mol. The van der Waals surface area contributed by atoms with Crippen molar-refractivity contribution in [2.24, 2.45) is 7.05 Å². The van der Waals surface area contributed by atoms with Gasteiger partial charge in [-0.25, -0.2) is 0 Å². The Kier molecular flexibility index (Phi) is 5.39. The number of hydrogen-bond acceptors (Lipinski definition) is 3. The van der Waals surface area contributed by atoms with Crippen LogP contribution in [0.4, 0.5) is 0 Å². The Labute approximate surface area is 131 Å². The largest absolute Gasteiger partial charge is 0.383 e. The highest BCUT2D eigenvalue weighted by atomic mass is 79.9. The first-order valence-electron chi connectivity index (χ1n) is 6.24. The summed E-state index contributed by atoms with van der Waals surface area (Å²) in [5.74, 6) is 0.0173. The quantitative estimate of drug-likeness (QED) is 0.796. The highest BCUT2D eigenvalue weighted by Gasteiger charge is 2.19. The molecule has 2 aromatic rings. The standard InChI is InChI=1S/C14H17BrN2O2S/c1-16-9-11(15)8-13(16)14(18)17(5-6-19-2)10-12-4-3-7-20-12/h3-4,7-9H,5-6,10H2,1-2H3. The molecule has 0 aliphatic heterocycles. The van der Waals surface area contributed by atoms with E-state index in [1.165, 1.54) is 4.88 Å². The molecule has 0 aliphatic rings. The molecule has 1 amide bonds. The zero-order valence-electron chi connectivity index (χ0n) is 11.5. The summed E-state index contributed by atoms with van der Waals surface area (Å²) in [6.07, 6.45) is 1.88. The van der Waals surface area contributed by atoms with Crippen LogP contribution in [0.1, 0.15) is 15.4 Å². The highest BCUT2D eigenvalue weighted by molar-refractivity contribution is 9.10. The van der Waals surface area contributed by atoms with Gasteiger partial charge in [0.25, 0.3) is 5.91 Å². The van der Waals surface area contributed by atoms with Gasteiger partial charge in [0.2, 0.25) is 0 Å². The molecule has 0 saturated heterocycles. The van der Waals surface area contributed by atoms with Gasteiger partial charge >= 0.3 is 0 Å². The van der Waals surface area contributed by atoms with E-state index in [-0.39, 0.29) is 5.91 Å². The molecule has 0 fully saturated rings. The molecule has 2 aromatic heterocycles. The average molecular weight is 357 g/mol. The number of aromatic nitrogens is 1. The lowest BCUT2D eigenvalue weighted by Gasteiger charge is -2.22. The van der Waals surface area contributed by atoms with Gasteiger partial charge in [-0.3, -0.25) is 4.79 Å². The number of rotatable bonds is 6. The number of nitrogens with zero attached hydrogens (tertiary/aromatic N) is 2. The van der Waals surface area contributed by atoms with Gasteiger partial charge in [0.15, 0.2) is 0 Å². The van der Waals surface area contributed by atoms with Crippen LogP contribution in [0.2, 0.25) is 0 Å². The van der Waals surface area contributed by atoms with Crippen molar-refractivity contribution in [3.8, 4) is 0 Å². The molecule has 0 aromatic carbocycles. The van der Waals surface area contributed by atoms with Crippen LogP contribution in [0, 0.1) is 0 Å². The minimum atomic E-state index is 0.0173. The fourth-order valence-electron chi connectivity index (χ4n) is 1.94. The Bertz CT molecular complexity index is 566. The molecule has 0 radical (unpaired) electrons. The van der Waals surface area contributed by atoms with Gasteiger partial charge in [0.05, 0.1) is 13.2 Å². The van der Waals surface area contributed by atoms with Crippen LogP contribution in [0.5, 0.6) is 0 Å². The van der Waals surface area contributed by atoms with Crippen LogP contribution in [-0.4, -0.2) is 35.6 Å². The van der Waals surface area contributed by atoms with Gasteiger partial charge < -0.3 is 14.2 Å². The smallest absolute Gasteiger partial charge is 0.270 e. The summed E-state index contributed by atoms with van der Waals surface area (Å²) in [5, 5.41) is 2.02. The summed E-state index contributed by atoms with van der Waals surface area (Å²) < 4.78 is 7.85. The van der Waals surface area contributed by atoms with Crippen molar-refractivity contribution < 1.29 is 9.53 Å². The molecule has 0 N–H and O–H groups in total. The molecule has 2 rings (SSSR count). The number of halogens is 1. The molecular formula is C14H17BrN2O2S. The average Bonchev–Trinajstić information content (AvgIpc) is 3.03. The minimum Gasteiger partial charge on any atom is -0.383 e. The maximum absolute atomic E-state index is 12.6. The molecular weight excluding hydrogens is 340 g/mol. The lowest BCUT2D eigenvalue weighted by atomic mass is 10.3. The highest BCUT2D eigenvalue weighted by Crippen LogP contribution is 2.18. The van der Waals surface area contributed by atoms with E-state index in [0.29, 0.717) is 25.4 Å². The number of hydrogen-bond donors (Lipinski definition) is 0. The molecule has 0 unspecified atom stereocenters. The maximum atomic E-state index is 12.6. The summed E-state index contributed by atoms with van der Waals surface area (Å²) in [6.45, 7) is 1.72. The third kappa shape index (κ3) is 3.71. The van der Waals surface area contributed by atoms with Crippen molar-refractivity contribution in [1.29, 1.82) is 0 Å². The molecule has 0 aliphatic carbocycles. The first-order chi connectivity index (χ1) is 9.61. The first-order valence-corrected chi connectivity index (χ1v) is 7.91. The molecule has 0 atom stereocenters. The lowest BCUT2D eigenvalue weighted by molar-refractivity contribution is 0.0673. The van der Waals surface area contributed by atoms with Crippen molar-refractivity contribution in [2.75, 3.05) is 20.3 Å². The van der Waals surface area contributed by atoms with Gasteiger partial charge in [-0.05, 0) is 33.4 Å². The summed E-state index contributed by atoms with van der Waals surface area (Å²) in [7, 11) is 3.52. The minimum absolute atomic E-state index is 0.0173. The van der Waals surface area contributed by atoms with Crippen LogP contribution < -0.4 is 0 Å². The molecule has 0 bridgehead atoms. The van der Waals surface area contributed by atoms with Crippen LogP contribution in [0.15, 0.2) is 34.2 Å². The Morgan fingerprint density at radius 1 is 1.55 bits per heavy atom. The zero-order chi connectivity index (χ0) is 14.5. The zero-order valence-corrected chi connectivity index (χ0v) is 13.9. The second-order valence-electron chi connectivity index (χ2n) is 4.45. The van der Waals surface area contributed by atoms with Gasteiger partial charge in [0, 0.05) is 36.2 Å². The number of thiophene rings is 1. The summed E-state index contributed by atoms with van der Waals surface area (Å²) in [4.78, 5) is 15.6. The molecule has 108 valence electrons. The number of aryl methyl sites for hydroxylation is 1. The van der Waals surface area contributed by atoms with Crippen molar-refractivity contribution in [3.63, 3.8) is 0 Å². The number of amides is 1.